The second kappa shape index (κ2) is 8.30. The van der Waals surface area contributed by atoms with Gasteiger partial charge in [-0.05, 0) is 74.5 Å². The van der Waals surface area contributed by atoms with Crippen molar-refractivity contribution in [3.8, 4) is 0 Å². The van der Waals surface area contributed by atoms with E-state index in [0.717, 1.165) is 48.4 Å². The molecule has 180 valence electrons. The summed E-state index contributed by atoms with van der Waals surface area (Å²) in [6.45, 7) is 3.34. The van der Waals surface area contributed by atoms with Crippen molar-refractivity contribution >= 4 is 17.2 Å². The van der Waals surface area contributed by atoms with Gasteiger partial charge in [-0.25, -0.2) is 4.98 Å². The quantitative estimate of drug-likeness (QED) is 0.474. The summed E-state index contributed by atoms with van der Waals surface area (Å²) < 4.78 is 3.98. The number of likely N-dealkylation sites (tertiary alicyclic amines) is 1. The highest BCUT2D eigenvalue weighted by molar-refractivity contribution is 6.08. The number of anilines is 1. The van der Waals surface area contributed by atoms with Crippen LogP contribution in [0.25, 0.3) is 5.65 Å². The zero-order valence-electron chi connectivity index (χ0n) is 20.5. The third-order valence-electron chi connectivity index (χ3n) is 7.86. The van der Waals surface area contributed by atoms with Crippen molar-refractivity contribution in [3.63, 3.8) is 0 Å². The Morgan fingerprint density at radius 3 is 2.77 bits per heavy atom. The molecule has 4 heterocycles. The minimum atomic E-state index is -0.172. The molecule has 1 atom stereocenters. The molecular weight excluding hydrogens is 438 g/mol. The molecule has 6 rings (SSSR count). The molecule has 1 amide bonds. The van der Waals surface area contributed by atoms with Crippen LogP contribution in [-0.2, 0) is 12.5 Å². The van der Waals surface area contributed by atoms with Crippen LogP contribution in [0.2, 0.25) is 0 Å². The number of fused-ring (bicyclic) bond motifs is 1. The van der Waals surface area contributed by atoms with Crippen molar-refractivity contribution in [2.24, 2.45) is 13.0 Å². The fraction of sp³-hybridized carbons (Fsp3) is 0.407. The molecule has 0 spiro atoms. The Morgan fingerprint density at radius 1 is 1.20 bits per heavy atom. The molecule has 1 saturated carbocycles. The molecule has 2 aliphatic rings. The highest BCUT2D eigenvalue weighted by Gasteiger charge is 2.48. The number of rotatable bonds is 5. The minimum absolute atomic E-state index is 0.143. The summed E-state index contributed by atoms with van der Waals surface area (Å²) in [4.78, 5) is 20.4. The topological polar surface area (TPSA) is 80.3 Å². The Labute approximate surface area is 205 Å². The lowest BCUT2D eigenvalue weighted by Gasteiger charge is -2.46. The van der Waals surface area contributed by atoms with Gasteiger partial charge in [0.05, 0.1) is 11.0 Å². The van der Waals surface area contributed by atoms with Gasteiger partial charge in [-0.3, -0.25) is 9.69 Å². The maximum Gasteiger partial charge on any atom is 0.259 e. The first-order valence-corrected chi connectivity index (χ1v) is 12.4. The number of carbonyl (C=O) groups excluding carboxylic acids is 1. The predicted octanol–water partition coefficient (Wildman–Crippen LogP) is 4.20. The van der Waals surface area contributed by atoms with Crippen LogP contribution in [0.4, 0.5) is 5.69 Å². The van der Waals surface area contributed by atoms with Gasteiger partial charge < -0.3 is 14.3 Å². The van der Waals surface area contributed by atoms with Gasteiger partial charge in [0.25, 0.3) is 5.91 Å². The summed E-state index contributed by atoms with van der Waals surface area (Å²) in [5, 5.41) is 11.7. The molecule has 1 N–H and O–H groups in total. The zero-order valence-corrected chi connectivity index (χ0v) is 20.5. The highest BCUT2D eigenvalue weighted by atomic mass is 16.1. The van der Waals surface area contributed by atoms with Crippen molar-refractivity contribution in [2.75, 3.05) is 18.9 Å². The molecule has 2 fully saturated rings. The Hall–Kier alpha value is -3.52. The normalized spacial score (nSPS) is 24.5. The lowest BCUT2D eigenvalue weighted by atomic mass is 9.58. The van der Waals surface area contributed by atoms with E-state index in [1.165, 1.54) is 6.42 Å². The van der Waals surface area contributed by atoms with Crippen molar-refractivity contribution < 1.29 is 4.79 Å². The van der Waals surface area contributed by atoms with Gasteiger partial charge in [-0.2, -0.15) is 0 Å². The molecule has 0 radical (unpaired) electrons. The van der Waals surface area contributed by atoms with Crippen molar-refractivity contribution in [3.05, 3.63) is 77.8 Å². The zero-order chi connectivity index (χ0) is 24.2. The van der Waals surface area contributed by atoms with E-state index in [9.17, 15) is 4.79 Å². The number of hydrogen-bond donors (Lipinski definition) is 1. The van der Waals surface area contributed by atoms with E-state index >= 15 is 0 Å². The van der Waals surface area contributed by atoms with Gasteiger partial charge in [0.1, 0.15) is 17.8 Å². The SMILES string of the molecule is CC1CC(c2cccc(NC(=O)c3cc(C4CCCN4C)cn4ccnc34)c2)(c2nncn2C)C1. The molecule has 0 bridgehead atoms. The second-order valence-electron chi connectivity index (χ2n) is 10.4. The fourth-order valence-corrected chi connectivity index (χ4v) is 6.22. The van der Waals surface area contributed by atoms with E-state index in [-0.39, 0.29) is 11.3 Å². The number of carbonyl (C=O) groups is 1. The molecule has 8 heteroatoms. The largest absolute Gasteiger partial charge is 0.322 e. The lowest BCUT2D eigenvalue weighted by Crippen LogP contribution is -2.43. The summed E-state index contributed by atoms with van der Waals surface area (Å²) >= 11 is 0. The number of imidazole rings is 1. The Morgan fingerprint density at radius 2 is 2.06 bits per heavy atom. The predicted molar refractivity (Wildman–Crippen MR) is 134 cm³/mol. The van der Waals surface area contributed by atoms with E-state index in [0.29, 0.717) is 23.2 Å². The van der Waals surface area contributed by atoms with Crippen LogP contribution >= 0.6 is 0 Å². The molecule has 1 aliphatic heterocycles. The average Bonchev–Trinajstić information content (AvgIpc) is 3.57. The maximum atomic E-state index is 13.5. The van der Waals surface area contributed by atoms with Crippen molar-refractivity contribution in [2.45, 2.75) is 44.1 Å². The monoisotopic (exact) mass is 469 g/mol. The number of aryl methyl sites for hydroxylation is 1. The summed E-state index contributed by atoms with van der Waals surface area (Å²) in [7, 11) is 4.14. The summed E-state index contributed by atoms with van der Waals surface area (Å²) in [6.07, 6.45) is 11.8. The maximum absolute atomic E-state index is 13.5. The van der Waals surface area contributed by atoms with Crippen LogP contribution in [0.1, 0.15) is 66.0 Å². The van der Waals surface area contributed by atoms with E-state index in [4.69, 9.17) is 0 Å². The highest BCUT2D eigenvalue weighted by Crippen LogP contribution is 2.51. The van der Waals surface area contributed by atoms with Gasteiger partial charge in [-0.1, -0.05) is 19.1 Å². The van der Waals surface area contributed by atoms with Gasteiger partial charge in [0, 0.05) is 37.4 Å². The molecule has 8 nitrogen and oxygen atoms in total. The molecule has 35 heavy (non-hydrogen) atoms. The standard InChI is InChI=1S/C27H31N7O/c1-18-14-27(15-18,26-31-29-17-33(26)3)20-6-4-7-21(13-20)30-25(35)22-12-19(23-8-5-10-32(23)2)16-34-11-9-28-24(22)34/h4,6-7,9,11-13,16-18,23H,5,8,10,14-15H2,1-3H3,(H,30,35). The number of aromatic nitrogens is 5. The van der Waals surface area contributed by atoms with E-state index in [2.05, 4.69) is 57.7 Å². The summed E-state index contributed by atoms with van der Waals surface area (Å²) in [6, 6.07) is 10.5. The fourth-order valence-electron chi connectivity index (χ4n) is 6.22. The molecule has 1 aliphatic carbocycles. The Bertz CT molecular complexity index is 1400. The van der Waals surface area contributed by atoms with Crippen LogP contribution in [0.15, 0.2) is 55.2 Å². The minimum Gasteiger partial charge on any atom is -0.322 e. The second-order valence-corrected chi connectivity index (χ2v) is 10.4. The molecule has 1 aromatic carbocycles. The van der Waals surface area contributed by atoms with Crippen LogP contribution in [0.3, 0.4) is 0 Å². The van der Waals surface area contributed by atoms with Gasteiger partial charge in [0.15, 0.2) is 0 Å². The molecule has 3 aromatic heterocycles. The van der Waals surface area contributed by atoms with Crippen LogP contribution in [0.5, 0.6) is 0 Å². The van der Waals surface area contributed by atoms with Crippen LogP contribution < -0.4 is 5.32 Å². The van der Waals surface area contributed by atoms with Crippen LogP contribution in [0, 0.1) is 5.92 Å². The van der Waals surface area contributed by atoms with Gasteiger partial charge >= 0.3 is 0 Å². The molecular formula is C27H31N7O. The first-order chi connectivity index (χ1) is 16.9. The first-order valence-electron chi connectivity index (χ1n) is 12.4. The van der Waals surface area contributed by atoms with Gasteiger partial charge in [-0.15, -0.1) is 10.2 Å². The smallest absolute Gasteiger partial charge is 0.259 e. The van der Waals surface area contributed by atoms with Crippen LogP contribution in [-0.4, -0.2) is 48.5 Å². The lowest BCUT2D eigenvalue weighted by molar-refractivity contribution is 0.102. The number of hydrogen-bond acceptors (Lipinski definition) is 5. The summed E-state index contributed by atoms with van der Waals surface area (Å²) in [5.74, 6) is 1.46. The van der Waals surface area contributed by atoms with E-state index in [1.807, 2.05) is 40.4 Å². The first kappa shape index (κ1) is 22.0. The van der Waals surface area contributed by atoms with Gasteiger partial charge in [0.2, 0.25) is 0 Å². The molecule has 1 saturated heterocycles. The summed E-state index contributed by atoms with van der Waals surface area (Å²) in [5.41, 5.74) is 4.19. The number of benzene rings is 1. The number of amides is 1. The number of pyridine rings is 1. The number of nitrogens with one attached hydrogen (secondary N) is 1. The Balaban J connectivity index is 1.33. The molecule has 1 unspecified atom stereocenters. The third-order valence-corrected chi connectivity index (χ3v) is 7.86. The number of nitrogens with zero attached hydrogens (tertiary/aromatic N) is 6. The third kappa shape index (κ3) is 3.63. The van der Waals surface area contributed by atoms with Crippen molar-refractivity contribution in [1.29, 1.82) is 0 Å². The average molecular weight is 470 g/mol. The molecule has 4 aromatic rings. The van der Waals surface area contributed by atoms with E-state index < -0.39 is 0 Å². The van der Waals surface area contributed by atoms with E-state index in [1.54, 1.807) is 12.5 Å². The van der Waals surface area contributed by atoms with Crippen molar-refractivity contribution in [1.82, 2.24) is 29.0 Å². The Kier molecular flexibility index (Phi) is 5.21.